The van der Waals surface area contributed by atoms with Gasteiger partial charge in [0.05, 0.1) is 0 Å². The van der Waals surface area contributed by atoms with Crippen molar-refractivity contribution in [3.05, 3.63) is 0 Å². The molecule has 0 bridgehead atoms. The minimum Gasteiger partial charge on any atom is -1.00 e. The maximum Gasteiger partial charge on any atom is 2.00 e. The van der Waals surface area contributed by atoms with E-state index in [0.717, 1.165) is 0 Å². The van der Waals surface area contributed by atoms with Crippen LogP contribution in [0.1, 0.15) is 2.85 Å². The van der Waals surface area contributed by atoms with Gasteiger partial charge in [0.2, 0.25) is 0 Å². The third-order valence-electron chi connectivity index (χ3n) is 0.232. The molecule has 4 nitrogen and oxygen atoms in total. The second kappa shape index (κ2) is 6.98. The van der Waals surface area contributed by atoms with E-state index < -0.39 is 6.16 Å². The summed E-state index contributed by atoms with van der Waals surface area (Å²) in [5.41, 5.74) is 0. The Morgan fingerprint density at radius 2 is 1.38 bits per heavy atom. The molecule has 8 heavy (non-hydrogen) atoms. The summed E-state index contributed by atoms with van der Waals surface area (Å²) in [6, 6.07) is 0. The first-order valence-electron chi connectivity index (χ1n) is 1.02. The fourth-order valence-electron chi connectivity index (χ4n) is 0.0373. The molecule has 49 valence electrons. The quantitative estimate of drug-likeness (QED) is 0.214. The Morgan fingerprint density at radius 1 is 1.25 bits per heavy atom. The second-order valence-electron chi connectivity index (χ2n) is 0.715. The predicted molar refractivity (Wildman–Crippen MR) is 17.3 cm³/mol. The number of aliphatic hydroxyl groups is 2. The van der Waals surface area contributed by atoms with Crippen molar-refractivity contribution in [3.63, 3.8) is 0 Å². The van der Waals surface area contributed by atoms with Gasteiger partial charge in [0, 0.05) is 58.8 Å². The summed E-state index contributed by atoms with van der Waals surface area (Å²) in [7, 11) is 0. The van der Waals surface area contributed by atoms with Crippen LogP contribution in [0.2, 0.25) is 0 Å². The van der Waals surface area contributed by atoms with Crippen molar-refractivity contribution in [1.29, 1.82) is 0 Å². The summed E-state index contributed by atoms with van der Waals surface area (Å²) in [5.74, 6) is 0. The molecule has 0 aromatic rings. The summed E-state index contributed by atoms with van der Waals surface area (Å²) in [5, 5.41) is 15.5. The first-order valence-corrected chi connectivity index (χ1v) is 1.02. The van der Waals surface area contributed by atoms with Crippen LogP contribution in [0.5, 0.6) is 0 Å². The maximum atomic E-state index is 7.74. The molecule has 1 saturated heterocycles. The Bertz CT molecular complexity index is 61.2. The molecule has 0 aliphatic carbocycles. The predicted octanol–water partition coefficient (Wildman–Crippen LogP) is -1.61. The van der Waals surface area contributed by atoms with Crippen LogP contribution in [-0.2, 0) is 26.8 Å². The average Bonchev–Trinajstić information content (AvgIpc) is 1.76. The molecule has 2 N–H and O–H groups in total. The number of hydrogen-bond acceptors (Lipinski definition) is 4. The van der Waals surface area contributed by atoms with E-state index in [2.05, 4.69) is 9.78 Å². The van der Waals surface area contributed by atoms with E-state index in [9.17, 15) is 0 Å². The van der Waals surface area contributed by atoms with Crippen molar-refractivity contribution in [2.75, 3.05) is 0 Å². The van der Waals surface area contributed by atoms with Crippen LogP contribution < -0.4 is 0 Å². The van der Waals surface area contributed by atoms with Gasteiger partial charge in [-0.15, -0.1) is 9.78 Å². The third kappa shape index (κ3) is 9.31. The minimum absolute atomic E-state index is 0. The second-order valence-corrected chi connectivity index (χ2v) is 0.715. The molecule has 0 saturated carbocycles. The minimum atomic E-state index is -2.25. The SMILES string of the molecule is OC1(O)OO1.[Ba+2].[Ce].[Cu].[H-].[H-]. The van der Waals surface area contributed by atoms with Crippen LogP contribution in [0.4, 0.5) is 0 Å². The van der Waals surface area contributed by atoms with Crippen molar-refractivity contribution >= 4 is 48.9 Å². The number of hydrogen-bond donors (Lipinski definition) is 2. The van der Waals surface area contributed by atoms with E-state index in [4.69, 9.17) is 10.2 Å². The molecule has 1 heterocycles. The zero-order chi connectivity index (χ0) is 3.91. The van der Waals surface area contributed by atoms with Gasteiger partial charge in [-0.25, -0.2) is 0 Å². The maximum absolute atomic E-state index is 7.74. The van der Waals surface area contributed by atoms with Crippen molar-refractivity contribution in [3.8, 4) is 0 Å². The van der Waals surface area contributed by atoms with Crippen molar-refractivity contribution in [1.82, 2.24) is 0 Å². The van der Waals surface area contributed by atoms with Crippen molar-refractivity contribution < 1.29 is 81.7 Å². The van der Waals surface area contributed by atoms with Gasteiger partial charge in [-0.2, -0.15) is 0 Å². The van der Waals surface area contributed by atoms with E-state index in [1.165, 1.54) is 0 Å². The van der Waals surface area contributed by atoms with Crippen molar-refractivity contribution in [2.24, 2.45) is 0 Å². The van der Waals surface area contributed by atoms with Gasteiger partial charge in [-0.3, -0.25) is 0 Å². The first-order chi connectivity index (χ1) is 2.21. The van der Waals surface area contributed by atoms with Gasteiger partial charge in [-0.1, -0.05) is 0 Å². The molecule has 1 fully saturated rings. The molecular weight excluding hydrogens is 417 g/mol. The van der Waals surface area contributed by atoms with Crippen LogP contribution in [0, 0.1) is 41.7 Å². The zero-order valence-corrected chi connectivity index (χ0v) is 12.2. The molecule has 1 rings (SSSR count). The summed E-state index contributed by atoms with van der Waals surface area (Å²) < 4.78 is 0. The van der Waals surface area contributed by atoms with Gasteiger partial charge in [0.15, 0.2) is 0 Å². The van der Waals surface area contributed by atoms with Gasteiger partial charge in [0.25, 0.3) is 0 Å². The van der Waals surface area contributed by atoms with E-state index in [-0.39, 0.29) is 111 Å². The topological polar surface area (TPSA) is 65.5 Å². The first kappa shape index (κ1) is 17.4. The molecule has 1 radical (unpaired) electrons. The molecule has 0 aromatic heterocycles. The summed E-state index contributed by atoms with van der Waals surface area (Å²) in [6.07, 6.45) is -2.25. The van der Waals surface area contributed by atoms with Crippen LogP contribution >= 0.6 is 0 Å². The van der Waals surface area contributed by atoms with Gasteiger partial charge < -0.3 is 13.1 Å². The average molecular weight is 421 g/mol. The summed E-state index contributed by atoms with van der Waals surface area (Å²) in [6.45, 7) is 0. The molecular formula is CH4BaCeCuO4. The Hall–Kier alpha value is 3.31. The summed E-state index contributed by atoms with van der Waals surface area (Å²) >= 11 is 0. The largest absolute Gasteiger partial charge is 2.00 e. The third-order valence-corrected chi connectivity index (χ3v) is 0.232. The smallest absolute Gasteiger partial charge is 1.00 e. The monoisotopic (exact) mass is 421 g/mol. The van der Waals surface area contributed by atoms with E-state index in [0.29, 0.717) is 0 Å². The van der Waals surface area contributed by atoms with Gasteiger partial charge >= 0.3 is 55.0 Å². The molecule has 1 aliphatic rings. The van der Waals surface area contributed by atoms with Crippen LogP contribution in [0.25, 0.3) is 0 Å². The normalized spacial score (nSPS) is 18.8. The summed E-state index contributed by atoms with van der Waals surface area (Å²) in [4.78, 5) is 7.01. The Morgan fingerprint density at radius 3 is 1.38 bits per heavy atom. The fraction of sp³-hybridized carbons (Fsp3) is 1.00. The van der Waals surface area contributed by atoms with E-state index in [1.54, 1.807) is 0 Å². The van der Waals surface area contributed by atoms with Crippen LogP contribution in [0.3, 0.4) is 0 Å². The zero-order valence-electron chi connectivity index (χ0n) is 5.72. The molecule has 7 heteroatoms. The fourth-order valence-corrected chi connectivity index (χ4v) is 0.0373. The Balaban J connectivity index is -0.0000000167. The van der Waals surface area contributed by atoms with Gasteiger partial charge in [0.1, 0.15) is 0 Å². The van der Waals surface area contributed by atoms with Crippen LogP contribution in [-0.4, -0.2) is 65.3 Å². The molecule has 0 aromatic carbocycles. The van der Waals surface area contributed by atoms with E-state index >= 15 is 0 Å². The molecule has 0 amide bonds. The van der Waals surface area contributed by atoms with Gasteiger partial charge in [-0.05, 0) is 0 Å². The number of rotatable bonds is 0. The Labute approximate surface area is 134 Å². The molecule has 0 unspecified atom stereocenters. The molecule has 0 spiro atoms. The molecule has 0 atom stereocenters. The van der Waals surface area contributed by atoms with Crippen molar-refractivity contribution in [2.45, 2.75) is 6.16 Å². The van der Waals surface area contributed by atoms with Crippen LogP contribution in [0.15, 0.2) is 0 Å². The standard InChI is InChI=1S/CH2O4.Ba.Ce.Cu.2H/c2-1(3)4-5-1;;;;;/h2-3H;;;;;/q;+2;;;2*-1. The van der Waals surface area contributed by atoms with E-state index in [1.807, 2.05) is 0 Å². The molecule has 1 aliphatic heterocycles. The Kier molecular flexibility index (Phi) is 15.2.